The van der Waals surface area contributed by atoms with E-state index in [9.17, 15) is 0 Å². The Labute approximate surface area is 172 Å². The molecule has 0 N–H and O–H groups in total. The summed E-state index contributed by atoms with van der Waals surface area (Å²) in [6.07, 6.45) is 1.40. The normalized spacial score (nSPS) is 16.2. The highest BCUT2D eigenvalue weighted by Crippen LogP contribution is 2.32. The minimum absolute atomic E-state index is 0. The summed E-state index contributed by atoms with van der Waals surface area (Å²) in [6.45, 7) is 7.42. The number of hydrogen-bond acceptors (Lipinski definition) is 4. The zero-order valence-corrected chi connectivity index (χ0v) is 17.2. The van der Waals surface area contributed by atoms with Gasteiger partial charge in [0.1, 0.15) is 12.4 Å². The number of hydrogen-bond donors (Lipinski definition) is 0. The Hall–Kier alpha value is -2.30. The summed E-state index contributed by atoms with van der Waals surface area (Å²) in [7, 11) is 0. The highest BCUT2D eigenvalue weighted by atomic mass is 35.5. The highest BCUT2D eigenvalue weighted by molar-refractivity contribution is 5.93. The molecule has 1 fully saturated rings. The zero-order chi connectivity index (χ0) is 18.6. The number of anilines is 1. The van der Waals surface area contributed by atoms with Gasteiger partial charge in [-0.1, -0.05) is 30.3 Å². The lowest BCUT2D eigenvalue weighted by molar-refractivity contribution is 0.0788. The van der Waals surface area contributed by atoms with Crippen molar-refractivity contribution in [2.45, 2.75) is 33.0 Å². The number of benzene rings is 2. The second-order valence-corrected chi connectivity index (χ2v) is 7.05. The fourth-order valence-corrected chi connectivity index (χ4v) is 3.73. The van der Waals surface area contributed by atoms with Crippen LogP contribution in [0.5, 0.6) is 5.75 Å². The molecule has 28 heavy (non-hydrogen) atoms. The molecule has 1 aromatic heterocycles. The molecule has 0 unspecified atom stereocenters. The number of aromatic nitrogens is 1. The van der Waals surface area contributed by atoms with E-state index in [4.69, 9.17) is 14.5 Å². The summed E-state index contributed by atoms with van der Waals surface area (Å²) in [5.74, 6) is 0.851. The van der Waals surface area contributed by atoms with E-state index in [1.807, 2.05) is 30.3 Å². The molecule has 148 valence electrons. The van der Waals surface area contributed by atoms with E-state index in [1.54, 1.807) is 0 Å². The summed E-state index contributed by atoms with van der Waals surface area (Å²) in [4.78, 5) is 7.16. The van der Waals surface area contributed by atoms with Crippen molar-refractivity contribution in [1.29, 1.82) is 0 Å². The van der Waals surface area contributed by atoms with Crippen LogP contribution in [0.1, 0.15) is 24.6 Å². The average Bonchev–Trinajstić information content (AvgIpc) is 3.15. The zero-order valence-electron chi connectivity index (χ0n) is 16.4. The third-order valence-corrected chi connectivity index (χ3v) is 5.02. The molecule has 1 saturated heterocycles. The standard InChI is InChI=1S/C23H26N2O2.ClH/c1-3-26-20-11-12-25(15-20)23-13-17(2)24-22-14-19(9-10-21(22)23)27-16-18-7-5-4-6-8-18;/h4-10,13-14,20H,3,11-12,15-16H2,1-2H3;1H/t20-;/m0./s1. The molecule has 5 heteroatoms. The molecule has 0 radical (unpaired) electrons. The minimum Gasteiger partial charge on any atom is -0.489 e. The van der Waals surface area contributed by atoms with Crippen molar-refractivity contribution in [1.82, 2.24) is 4.98 Å². The number of aryl methyl sites for hydroxylation is 1. The Morgan fingerprint density at radius 1 is 1.11 bits per heavy atom. The van der Waals surface area contributed by atoms with Crippen LogP contribution < -0.4 is 9.64 Å². The molecule has 1 aliphatic heterocycles. The molecule has 0 bridgehead atoms. The number of pyridine rings is 1. The maximum atomic E-state index is 5.98. The maximum absolute atomic E-state index is 5.98. The van der Waals surface area contributed by atoms with Crippen molar-refractivity contribution in [3.63, 3.8) is 0 Å². The fraction of sp³-hybridized carbons (Fsp3) is 0.348. The first-order valence-corrected chi connectivity index (χ1v) is 9.67. The molecule has 4 rings (SSSR count). The maximum Gasteiger partial charge on any atom is 0.122 e. The van der Waals surface area contributed by atoms with Crippen LogP contribution >= 0.6 is 12.4 Å². The highest BCUT2D eigenvalue weighted by Gasteiger charge is 2.24. The van der Waals surface area contributed by atoms with Crippen LogP contribution in [0.3, 0.4) is 0 Å². The van der Waals surface area contributed by atoms with Crippen LogP contribution in [0.2, 0.25) is 0 Å². The van der Waals surface area contributed by atoms with E-state index in [0.717, 1.165) is 48.6 Å². The Balaban J connectivity index is 0.00000225. The SMILES string of the molecule is CCO[C@H]1CCN(c2cc(C)nc3cc(OCc4ccccc4)ccc23)C1.Cl. The minimum atomic E-state index is 0. The molecule has 1 atom stereocenters. The number of fused-ring (bicyclic) bond motifs is 1. The molecule has 3 aromatic rings. The van der Waals surface area contributed by atoms with Crippen molar-refractivity contribution < 1.29 is 9.47 Å². The van der Waals surface area contributed by atoms with E-state index in [1.165, 1.54) is 11.1 Å². The fourth-order valence-electron chi connectivity index (χ4n) is 3.73. The largest absolute Gasteiger partial charge is 0.489 e. The monoisotopic (exact) mass is 398 g/mol. The van der Waals surface area contributed by atoms with Crippen molar-refractivity contribution in [2.75, 3.05) is 24.6 Å². The molecule has 2 heterocycles. The van der Waals surface area contributed by atoms with E-state index in [2.05, 4.69) is 43.0 Å². The quantitative estimate of drug-likeness (QED) is 0.574. The van der Waals surface area contributed by atoms with Crippen LogP contribution in [0.4, 0.5) is 5.69 Å². The van der Waals surface area contributed by atoms with Crippen molar-refractivity contribution in [2.24, 2.45) is 0 Å². The molecule has 4 nitrogen and oxygen atoms in total. The third-order valence-electron chi connectivity index (χ3n) is 5.02. The molecule has 1 aliphatic rings. The lowest BCUT2D eigenvalue weighted by Crippen LogP contribution is -2.23. The van der Waals surface area contributed by atoms with Crippen molar-refractivity contribution >= 4 is 29.0 Å². The smallest absolute Gasteiger partial charge is 0.122 e. The Morgan fingerprint density at radius 3 is 2.71 bits per heavy atom. The summed E-state index contributed by atoms with van der Waals surface area (Å²) >= 11 is 0. The van der Waals surface area contributed by atoms with Gasteiger partial charge in [-0.05, 0) is 44.0 Å². The lowest BCUT2D eigenvalue weighted by atomic mass is 10.1. The molecule has 0 spiro atoms. The van der Waals surface area contributed by atoms with Gasteiger partial charge in [-0.3, -0.25) is 4.98 Å². The van der Waals surface area contributed by atoms with Crippen LogP contribution in [-0.2, 0) is 11.3 Å². The first kappa shape index (κ1) is 20.4. The van der Waals surface area contributed by atoms with Crippen LogP contribution in [0, 0.1) is 6.92 Å². The van der Waals surface area contributed by atoms with Gasteiger partial charge in [-0.25, -0.2) is 0 Å². The number of ether oxygens (including phenoxy) is 2. The van der Waals surface area contributed by atoms with Crippen LogP contribution in [0.25, 0.3) is 10.9 Å². The van der Waals surface area contributed by atoms with Gasteiger partial charge >= 0.3 is 0 Å². The van der Waals surface area contributed by atoms with Gasteiger partial charge in [0.05, 0.1) is 11.6 Å². The van der Waals surface area contributed by atoms with Gasteiger partial charge in [0.25, 0.3) is 0 Å². The van der Waals surface area contributed by atoms with Gasteiger partial charge in [-0.15, -0.1) is 12.4 Å². The average molecular weight is 399 g/mol. The van der Waals surface area contributed by atoms with Gasteiger partial charge < -0.3 is 14.4 Å². The first-order valence-electron chi connectivity index (χ1n) is 9.67. The van der Waals surface area contributed by atoms with Gasteiger partial charge in [-0.2, -0.15) is 0 Å². The molecule has 0 amide bonds. The molecule has 2 aromatic carbocycles. The van der Waals surface area contributed by atoms with Crippen LogP contribution in [-0.4, -0.2) is 30.8 Å². The van der Waals surface area contributed by atoms with E-state index >= 15 is 0 Å². The number of rotatable bonds is 6. The van der Waals surface area contributed by atoms with Crippen LogP contribution in [0.15, 0.2) is 54.6 Å². The predicted octanol–water partition coefficient (Wildman–Crippen LogP) is 5.16. The Kier molecular flexibility index (Phi) is 6.76. The summed E-state index contributed by atoms with van der Waals surface area (Å²) in [6, 6.07) is 18.6. The topological polar surface area (TPSA) is 34.6 Å². The molecule has 0 saturated carbocycles. The predicted molar refractivity (Wildman–Crippen MR) is 117 cm³/mol. The van der Waals surface area contributed by atoms with Crippen molar-refractivity contribution in [3.8, 4) is 5.75 Å². The van der Waals surface area contributed by atoms with E-state index in [-0.39, 0.29) is 12.4 Å². The second-order valence-electron chi connectivity index (χ2n) is 7.05. The third kappa shape index (κ3) is 4.57. The Morgan fingerprint density at radius 2 is 1.93 bits per heavy atom. The summed E-state index contributed by atoms with van der Waals surface area (Å²) in [5.41, 5.74) is 4.41. The second kappa shape index (κ2) is 9.26. The van der Waals surface area contributed by atoms with Gasteiger partial charge in [0.2, 0.25) is 0 Å². The lowest BCUT2D eigenvalue weighted by Gasteiger charge is -2.21. The number of nitrogens with zero attached hydrogens (tertiary/aromatic N) is 2. The summed E-state index contributed by atoms with van der Waals surface area (Å²) in [5, 5.41) is 1.17. The van der Waals surface area contributed by atoms with Crippen molar-refractivity contribution in [3.05, 3.63) is 65.9 Å². The number of halogens is 1. The van der Waals surface area contributed by atoms with Gasteiger partial charge in [0.15, 0.2) is 0 Å². The Bertz CT molecular complexity index is 917. The van der Waals surface area contributed by atoms with E-state index in [0.29, 0.717) is 12.7 Å². The first-order chi connectivity index (χ1) is 13.2. The van der Waals surface area contributed by atoms with E-state index < -0.39 is 0 Å². The van der Waals surface area contributed by atoms with Gasteiger partial charge in [0, 0.05) is 42.5 Å². The molecular weight excluding hydrogens is 372 g/mol. The molecular formula is C23H27ClN2O2. The summed E-state index contributed by atoms with van der Waals surface area (Å²) < 4.78 is 11.8. The molecule has 0 aliphatic carbocycles.